The van der Waals surface area contributed by atoms with Gasteiger partial charge in [0.1, 0.15) is 5.92 Å². The van der Waals surface area contributed by atoms with Crippen molar-refractivity contribution in [2.24, 2.45) is 0 Å². The summed E-state index contributed by atoms with van der Waals surface area (Å²) in [5, 5.41) is 11.1. The third-order valence-electron chi connectivity index (χ3n) is 1.85. The van der Waals surface area contributed by atoms with E-state index < -0.39 is 0 Å². The maximum Gasteiger partial charge on any atom is 0.150 e. The first-order chi connectivity index (χ1) is 7.31. The van der Waals surface area contributed by atoms with Gasteiger partial charge in [0.15, 0.2) is 5.82 Å². The van der Waals surface area contributed by atoms with Crippen molar-refractivity contribution < 1.29 is 0 Å². The molecule has 0 amide bonds. The fraction of sp³-hybridized carbons (Fsp3) is 0.100. The highest BCUT2D eigenvalue weighted by molar-refractivity contribution is 9.10. The summed E-state index contributed by atoms with van der Waals surface area (Å²) in [4.78, 5) is 9.14. The Morgan fingerprint density at radius 3 is 2.67 bits per heavy atom. The van der Waals surface area contributed by atoms with Crippen LogP contribution in [0.4, 0.5) is 0 Å². The molecule has 74 valence electrons. The molecule has 0 bridgehead atoms. The zero-order valence-electron chi connectivity index (χ0n) is 7.59. The highest BCUT2D eigenvalue weighted by Gasteiger charge is 2.17. The van der Waals surface area contributed by atoms with Crippen LogP contribution in [0.25, 0.3) is 0 Å². The van der Waals surface area contributed by atoms with E-state index in [2.05, 4.69) is 32.0 Å². The first-order valence-electron chi connectivity index (χ1n) is 4.21. The van der Waals surface area contributed by atoms with Crippen LogP contribution >= 0.6 is 27.3 Å². The summed E-state index contributed by atoms with van der Waals surface area (Å²) >= 11 is 4.89. The highest BCUT2D eigenvalue weighted by Crippen LogP contribution is 2.29. The van der Waals surface area contributed by atoms with Crippen molar-refractivity contribution in [2.75, 3.05) is 0 Å². The zero-order valence-corrected chi connectivity index (χ0v) is 9.99. The summed E-state index contributed by atoms with van der Waals surface area (Å²) < 4.78 is 0.985. The summed E-state index contributed by atoms with van der Waals surface area (Å²) in [5.41, 5.74) is 0. The fourth-order valence-corrected chi connectivity index (χ4v) is 2.67. The average Bonchev–Trinajstić information content (AvgIpc) is 2.68. The number of hydrogen-bond acceptors (Lipinski definition) is 4. The molecule has 2 rings (SSSR count). The number of rotatable bonds is 2. The minimum Gasteiger partial charge on any atom is -0.240 e. The standard InChI is InChI=1S/C10H6BrN3S/c11-7-4-9(15-6-7)8(5-12)10-13-2-1-3-14-10/h1-4,6,8H. The first kappa shape index (κ1) is 10.3. The molecular formula is C10H6BrN3S. The number of aromatic nitrogens is 2. The van der Waals surface area contributed by atoms with Gasteiger partial charge in [0, 0.05) is 27.1 Å². The van der Waals surface area contributed by atoms with Gasteiger partial charge in [-0.15, -0.1) is 11.3 Å². The van der Waals surface area contributed by atoms with Gasteiger partial charge in [-0.25, -0.2) is 9.97 Å². The molecule has 2 aromatic heterocycles. The molecule has 15 heavy (non-hydrogen) atoms. The molecule has 0 saturated heterocycles. The first-order valence-corrected chi connectivity index (χ1v) is 5.89. The van der Waals surface area contributed by atoms with Crippen LogP contribution < -0.4 is 0 Å². The second kappa shape index (κ2) is 4.51. The van der Waals surface area contributed by atoms with Gasteiger partial charge >= 0.3 is 0 Å². The predicted molar refractivity (Wildman–Crippen MR) is 61.5 cm³/mol. The Kier molecular flexibility index (Phi) is 3.09. The second-order valence-corrected chi connectivity index (χ2v) is 4.69. The molecule has 0 radical (unpaired) electrons. The van der Waals surface area contributed by atoms with Gasteiger partial charge in [-0.3, -0.25) is 0 Å². The monoisotopic (exact) mass is 279 g/mol. The van der Waals surface area contributed by atoms with Crippen molar-refractivity contribution in [2.45, 2.75) is 5.92 Å². The molecule has 0 aliphatic rings. The maximum absolute atomic E-state index is 9.10. The molecule has 0 N–H and O–H groups in total. The summed E-state index contributed by atoms with van der Waals surface area (Å²) in [7, 11) is 0. The van der Waals surface area contributed by atoms with E-state index in [1.807, 2.05) is 11.4 Å². The second-order valence-electron chi connectivity index (χ2n) is 2.84. The van der Waals surface area contributed by atoms with Crippen molar-refractivity contribution in [3.8, 4) is 6.07 Å². The van der Waals surface area contributed by atoms with E-state index in [1.54, 1.807) is 18.5 Å². The van der Waals surface area contributed by atoms with Crippen LogP contribution in [0.5, 0.6) is 0 Å². The lowest BCUT2D eigenvalue weighted by atomic mass is 10.1. The van der Waals surface area contributed by atoms with Crippen molar-refractivity contribution in [1.82, 2.24) is 9.97 Å². The Bertz CT molecular complexity index is 489. The van der Waals surface area contributed by atoms with Gasteiger partial charge in [0.2, 0.25) is 0 Å². The zero-order chi connectivity index (χ0) is 10.7. The molecule has 0 aromatic carbocycles. The number of nitriles is 1. The molecule has 0 aliphatic carbocycles. The summed E-state index contributed by atoms with van der Waals surface area (Å²) in [6.07, 6.45) is 3.30. The van der Waals surface area contributed by atoms with Crippen LogP contribution in [-0.4, -0.2) is 9.97 Å². The van der Waals surface area contributed by atoms with Gasteiger partial charge in [0.25, 0.3) is 0 Å². The van der Waals surface area contributed by atoms with Gasteiger partial charge in [-0.05, 0) is 28.1 Å². The minimum atomic E-state index is -0.373. The summed E-state index contributed by atoms with van der Waals surface area (Å²) in [5.74, 6) is 0.178. The lowest BCUT2D eigenvalue weighted by Crippen LogP contribution is -2.01. The summed E-state index contributed by atoms with van der Waals surface area (Å²) in [6.45, 7) is 0. The molecule has 5 heteroatoms. The van der Waals surface area contributed by atoms with E-state index in [-0.39, 0.29) is 5.92 Å². The summed E-state index contributed by atoms with van der Waals surface area (Å²) in [6, 6.07) is 5.88. The predicted octanol–water partition coefficient (Wildman–Crippen LogP) is 2.96. The topological polar surface area (TPSA) is 49.6 Å². The molecule has 0 aliphatic heterocycles. The van der Waals surface area contributed by atoms with Crippen molar-refractivity contribution in [1.29, 1.82) is 5.26 Å². The van der Waals surface area contributed by atoms with Crippen LogP contribution in [-0.2, 0) is 0 Å². The minimum absolute atomic E-state index is 0.373. The van der Waals surface area contributed by atoms with Crippen LogP contribution in [0.3, 0.4) is 0 Å². The van der Waals surface area contributed by atoms with E-state index in [4.69, 9.17) is 5.26 Å². The van der Waals surface area contributed by atoms with Crippen molar-refractivity contribution in [3.63, 3.8) is 0 Å². The molecule has 2 heterocycles. The lowest BCUT2D eigenvalue weighted by Gasteiger charge is -2.03. The molecular weight excluding hydrogens is 274 g/mol. The Hall–Kier alpha value is -1.25. The largest absolute Gasteiger partial charge is 0.240 e. The molecule has 1 unspecified atom stereocenters. The van der Waals surface area contributed by atoms with Crippen molar-refractivity contribution in [3.05, 3.63) is 45.1 Å². The number of halogens is 1. The van der Waals surface area contributed by atoms with Crippen molar-refractivity contribution >= 4 is 27.3 Å². The number of thiophene rings is 1. The third kappa shape index (κ3) is 2.22. The van der Waals surface area contributed by atoms with Gasteiger partial charge in [-0.2, -0.15) is 5.26 Å². The van der Waals surface area contributed by atoms with Crippen LogP contribution in [0, 0.1) is 11.3 Å². The van der Waals surface area contributed by atoms with E-state index in [0.29, 0.717) is 5.82 Å². The van der Waals surface area contributed by atoms with E-state index >= 15 is 0 Å². The van der Waals surface area contributed by atoms with Gasteiger partial charge < -0.3 is 0 Å². The normalized spacial score (nSPS) is 12.0. The maximum atomic E-state index is 9.10. The highest BCUT2D eigenvalue weighted by atomic mass is 79.9. The molecule has 1 atom stereocenters. The Labute approximate surface area is 99.6 Å². The van der Waals surface area contributed by atoms with E-state index in [9.17, 15) is 0 Å². The van der Waals surface area contributed by atoms with Gasteiger partial charge in [-0.1, -0.05) is 0 Å². The molecule has 0 saturated carbocycles. The molecule has 3 nitrogen and oxygen atoms in total. The van der Waals surface area contributed by atoms with E-state index in [1.165, 1.54) is 11.3 Å². The van der Waals surface area contributed by atoms with Crippen LogP contribution in [0.15, 0.2) is 34.4 Å². The average molecular weight is 280 g/mol. The quantitative estimate of drug-likeness (QED) is 0.849. The molecule has 0 fully saturated rings. The number of nitrogens with zero attached hydrogens (tertiary/aromatic N) is 3. The SMILES string of the molecule is N#CC(c1ncccn1)c1cc(Br)cs1. The lowest BCUT2D eigenvalue weighted by molar-refractivity contribution is 0.904. The van der Waals surface area contributed by atoms with Crippen LogP contribution in [0.2, 0.25) is 0 Å². The van der Waals surface area contributed by atoms with Gasteiger partial charge in [0.05, 0.1) is 6.07 Å². The Balaban J connectivity index is 2.38. The Morgan fingerprint density at radius 2 is 2.13 bits per heavy atom. The smallest absolute Gasteiger partial charge is 0.150 e. The van der Waals surface area contributed by atoms with Crippen LogP contribution in [0.1, 0.15) is 16.6 Å². The number of hydrogen-bond donors (Lipinski definition) is 0. The molecule has 0 spiro atoms. The van der Waals surface area contributed by atoms with E-state index in [0.717, 1.165) is 9.35 Å². The molecule has 2 aromatic rings. The Morgan fingerprint density at radius 1 is 1.40 bits per heavy atom. The fourth-order valence-electron chi connectivity index (χ4n) is 1.19. The third-order valence-corrected chi connectivity index (χ3v) is 3.60.